The minimum Gasteiger partial charge on any atom is -0.479 e. The summed E-state index contributed by atoms with van der Waals surface area (Å²) in [6.45, 7) is -0.429. The largest absolute Gasteiger partial charge is 0.479 e. The number of oxime groups is 1. The molecule has 6 heteroatoms. The van der Waals surface area contributed by atoms with E-state index in [9.17, 15) is 4.79 Å². The van der Waals surface area contributed by atoms with Crippen LogP contribution in [0.5, 0.6) is 0 Å². The maximum Gasteiger partial charge on any atom is 0.344 e. The lowest BCUT2D eigenvalue weighted by Gasteiger charge is -1.89. The van der Waals surface area contributed by atoms with Crippen molar-refractivity contribution < 1.29 is 14.7 Å². The molecule has 1 N–H and O–H groups in total. The number of nitrogens with zero attached hydrogens (tertiary/aromatic N) is 2. The van der Waals surface area contributed by atoms with Crippen LogP contribution in [-0.4, -0.2) is 28.9 Å². The van der Waals surface area contributed by atoms with E-state index in [1.807, 2.05) is 0 Å². The fourth-order valence-corrected chi connectivity index (χ4v) is 0.960. The Morgan fingerprint density at radius 3 is 3.33 bits per heavy atom. The molecule has 1 aromatic heterocycles. The number of carbonyl (C=O) groups is 1. The predicted molar refractivity (Wildman–Crippen MR) is 43.3 cm³/mol. The third kappa shape index (κ3) is 3.11. The SMILES string of the molecule is O=C(O)CO/N=C/c1nccs1. The van der Waals surface area contributed by atoms with Gasteiger partial charge in [-0.05, 0) is 0 Å². The van der Waals surface area contributed by atoms with Crippen molar-refractivity contribution in [1.82, 2.24) is 4.98 Å². The molecule has 0 saturated carbocycles. The zero-order valence-electron chi connectivity index (χ0n) is 6.01. The van der Waals surface area contributed by atoms with Crippen molar-refractivity contribution in [2.75, 3.05) is 6.61 Å². The van der Waals surface area contributed by atoms with Crippen molar-refractivity contribution in [3.8, 4) is 0 Å². The van der Waals surface area contributed by atoms with Crippen molar-refractivity contribution in [3.05, 3.63) is 16.6 Å². The number of hydrogen-bond donors (Lipinski definition) is 1. The van der Waals surface area contributed by atoms with Gasteiger partial charge in [-0.2, -0.15) is 0 Å². The number of rotatable bonds is 4. The van der Waals surface area contributed by atoms with Crippen molar-refractivity contribution >= 4 is 23.5 Å². The van der Waals surface area contributed by atoms with E-state index in [0.29, 0.717) is 5.01 Å². The lowest BCUT2D eigenvalue weighted by Crippen LogP contribution is -2.03. The molecule has 1 aromatic rings. The van der Waals surface area contributed by atoms with Gasteiger partial charge in [0.05, 0.1) is 0 Å². The second-order valence-corrected chi connectivity index (χ2v) is 2.70. The number of thiazole rings is 1. The molecule has 0 fully saturated rings. The maximum atomic E-state index is 9.95. The molecule has 64 valence electrons. The molecule has 0 aliphatic carbocycles. The fourth-order valence-electron chi connectivity index (χ4n) is 0.473. The molecule has 0 saturated heterocycles. The predicted octanol–water partition coefficient (Wildman–Crippen LogP) is 0.578. The average molecular weight is 186 g/mol. The van der Waals surface area contributed by atoms with E-state index in [-0.39, 0.29) is 0 Å². The van der Waals surface area contributed by atoms with Gasteiger partial charge in [-0.15, -0.1) is 11.3 Å². The van der Waals surface area contributed by atoms with Crippen molar-refractivity contribution in [2.24, 2.45) is 5.16 Å². The molecule has 0 unspecified atom stereocenters. The molecule has 0 spiro atoms. The van der Waals surface area contributed by atoms with Gasteiger partial charge in [0.15, 0.2) is 0 Å². The van der Waals surface area contributed by atoms with Gasteiger partial charge >= 0.3 is 5.97 Å². The van der Waals surface area contributed by atoms with E-state index in [0.717, 1.165) is 0 Å². The summed E-state index contributed by atoms with van der Waals surface area (Å²) in [5, 5.41) is 14.0. The van der Waals surface area contributed by atoms with Crippen molar-refractivity contribution in [1.29, 1.82) is 0 Å². The number of carboxylic acid groups (broad SMARTS) is 1. The first-order valence-electron chi connectivity index (χ1n) is 3.05. The maximum absolute atomic E-state index is 9.95. The molecule has 0 aliphatic heterocycles. The molecule has 0 amide bonds. The van der Waals surface area contributed by atoms with Crippen LogP contribution < -0.4 is 0 Å². The second-order valence-electron chi connectivity index (χ2n) is 1.77. The monoisotopic (exact) mass is 186 g/mol. The highest BCUT2D eigenvalue weighted by molar-refractivity contribution is 7.11. The summed E-state index contributed by atoms with van der Waals surface area (Å²) in [7, 11) is 0. The highest BCUT2D eigenvalue weighted by atomic mass is 32.1. The molecule has 0 radical (unpaired) electrons. The van der Waals surface area contributed by atoms with Gasteiger partial charge in [0.2, 0.25) is 6.61 Å². The summed E-state index contributed by atoms with van der Waals surface area (Å²) < 4.78 is 0. The van der Waals surface area contributed by atoms with Gasteiger partial charge in [-0.1, -0.05) is 5.16 Å². The molecule has 0 aromatic carbocycles. The Bertz CT molecular complexity index is 270. The van der Waals surface area contributed by atoms with E-state index < -0.39 is 12.6 Å². The van der Waals surface area contributed by atoms with Gasteiger partial charge in [0.25, 0.3) is 0 Å². The topological polar surface area (TPSA) is 71.8 Å². The quantitative estimate of drug-likeness (QED) is 0.551. The Labute approximate surface area is 72.3 Å². The Balaban J connectivity index is 2.27. The molecule has 1 heterocycles. The molecule has 12 heavy (non-hydrogen) atoms. The lowest BCUT2D eigenvalue weighted by molar-refractivity contribution is -0.142. The zero-order chi connectivity index (χ0) is 8.81. The van der Waals surface area contributed by atoms with Gasteiger partial charge in [-0.3, -0.25) is 0 Å². The number of aromatic nitrogens is 1. The van der Waals surface area contributed by atoms with E-state index in [1.165, 1.54) is 17.6 Å². The van der Waals surface area contributed by atoms with Crippen LogP contribution in [0.3, 0.4) is 0 Å². The molecule has 5 nitrogen and oxygen atoms in total. The highest BCUT2D eigenvalue weighted by Crippen LogP contribution is 1.99. The number of aliphatic carboxylic acids is 1. The van der Waals surface area contributed by atoms with Crippen molar-refractivity contribution in [2.45, 2.75) is 0 Å². The Morgan fingerprint density at radius 1 is 1.92 bits per heavy atom. The van der Waals surface area contributed by atoms with Gasteiger partial charge in [0, 0.05) is 11.6 Å². The summed E-state index contributed by atoms with van der Waals surface area (Å²) in [5.74, 6) is -1.05. The summed E-state index contributed by atoms with van der Waals surface area (Å²) in [6.07, 6.45) is 3.00. The van der Waals surface area contributed by atoms with E-state index in [4.69, 9.17) is 5.11 Å². The van der Waals surface area contributed by atoms with Crippen LogP contribution in [0.2, 0.25) is 0 Å². The summed E-state index contributed by atoms with van der Waals surface area (Å²) in [5.41, 5.74) is 0. The summed E-state index contributed by atoms with van der Waals surface area (Å²) in [6, 6.07) is 0. The number of hydrogen-bond acceptors (Lipinski definition) is 5. The van der Waals surface area contributed by atoms with Crippen LogP contribution in [-0.2, 0) is 9.63 Å². The molecular formula is C6H6N2O3S. The van der Waals surface area contributed by atoms with E-state index >= 15 is 0 Å². The van der Waals surface area contributed by atoms with Crippen LogP contribution >= 0.6 is 11.3 Å². The van der Waals surface area contributed by atoms with Gasteiger partial charge < -0.3 is 9.94 Å². The smallest absolute Gasteiger partial charge is 0.344 e. The first-order chi connectivity index (χ1) is 5.79. The zero-order valence-corrected chi connectivity index (χ0v) is 6.82. The van der Waals surface area contributed by atoms with Crippen molar-refractivity contribution in [3.63, 3.8) is 0 Å². The van der Waals surface area contributed by atoms with Crippen LogP contribution in [0.4, 0.5) is 0 Å². The minimum absolute atomic E-state index is 0.429. The minimum atomic E-state index is -1.05. The van der Waals surface area contributed by atoms with Gasteiger partial charge in [0.1, 0.15) is 11.2 Å². The van der Waals surface area contributed by atoms with E-state index in [2.05, 4.69) is 15.0 Å². The standard InChI is InChI=1S/C6H6N2O3S/c9-6(10)4-11-8-3-5-7-1-2-12-5/h1-3H,4H2,(H,9,10)/b8-3+. The summed E-state index contributed by atoms with van der Waals surface area (Å²) in [4.78, 5) is 18.2. The van der Waals surface area contributed by atoms with Gasteiger partial charge in [-0.25, -0.2) is 9.78 Å². The highest BCUT2D eigenvalue weighted by Gasteiger charge is 1.93. The average Bonchev–Trinajstić information content (AvgIpc) is 2.49. The van der Waals surface area contributed by atoms with Crippen LogP contribution in [0.1, 0.15) is 5.01 Å². The summed E-state index contributed by atoms with van der Waals surface area (Å²) >= 11 is 1.39. The second kappa shape index (κ2) is 4.45. The number of carboxylic acids is 1. The Morgan fingerprint density at radius 2 is 2.75 bits per heavy atom. The first kappa shape index (κ1) is 8.66. The molecule has 0 atom stereocenters. The molecular weight excluding hydrogens is 180 g/mol. The first-order valence-corrected chi connectivity index (χ1v) is 3.93. The lowest BCUT2D eigenvalue weighted by atomic mass is 10.7. The van der Waals surface area contributed by atoms with E-state index in [1.54, 1.807) is 11.6 Å². The van der Waals surface area contributed by atoms with Crippen LogP contribution in [0, 0.1) is 0 Å². The molecule has 0 bridgehead atoms. The molecule has 1 rings (SSSR count). The normalized spacial score (nSPS) is 10.3. The van der Waals surface area contributed by atoms with Crippen LogP contribution in [0.25, 0.3) is 0 Å². The fraction of sp³-hybridized carbons (Fsp3) is 0.167. The van der Waals surface area contributed by atoms with Crippen LogP contribution in [0.15, 0.2) is 16.7 Å². The Hall–Kier alpha value is -1.43. The third-order valence-corrected chi connectivity index (χ3v) is 1.59. The Kier molecular flexibility index (Phi) is 3.21. The molecule has 0 aliphatic rings. The third-order valence-electron chi connectivity index (χ3n) is 0.877.